The maximum atomic E-state index is 12.5. The summed E-state index contributed by atoms with van der Waals surface area (Å²) in [5.41, 5.74) is 5.20. The standard InChI is InChI=1S/C13H14N6O5S2/c1-4-3-5(12(22)23)19-10(21)7(11(19)25-4)15-9(20)6(17-24-2)8-16-13(14)26-18-8/h3-4,7,11H,1-2H3,(H,15,20)(H,22,23)(H2,14,16,18)/b17-6+/t4?,7?,11-/m1/s1. The number of aromatic nitrogens is 2. The number of nitrogens with one attached hydrogen (secondary N) is 1. The Morgan fingerprint density at radius 1 is 1.50 bits per heavy atom. The van der Waals surface area contributed by atoms with Gasteiger partial charge >= 0.3 is 5.97 Å². The van der Waals surface area contributed by atoms with Crippen molar-refractivity contribution in [2.24, 2.45) is 5.16 Å². The van der Waals surface area contributed by atoms with Crippen LogP contribution in [0.1, 0.15) is 12.7 Å². The van der Waals surface area contributed by atoms with Crippen molar-refractivity contribution in [3.8, 4) is 0 Å². The second-order valence-electron chi connectivity index (χ2n) is 5.33. The molecule has 1 fully saturated rings. The molecule has 2 aliphatic heterocycles. The highest BCUT2D eigenvalue weighted by molar-refractivity contribution is 8.00. The molecule has 0 aliphatic carbocycles. The zero-order valence-corrected chi connectivity index (χ0v) is 15.2. The van der Waals surface area contributed by atoms with Crippen LogP contribution in [0.4, 0.5) is 5.13 Å². The fraction of sp³-hybridized carbons (Fsp3) is 0.385. The lowest BCUT2D eigenvalue weighted by Gasteiger charge is -2.49. The van der Waals surface area contributed by atoms with E-state index >= 15 is 0 Å². The number of hydrogen-bond donors (Lipinski definition) is 3. The lowest BCUT2D eigenvalue weighted by atomic mass is 10.0. The Morgan fingerprint density at radius 3 is 2.81 bits per heavy atom. The van der Waals surface area contributed by atoms with E-state index in [9.17, 15) is 19.5 Å². The molecule has 2 unspecified atom stereocenters. The second kappa shape index (κ2) is 6.92. The largest absolute Gasteiger partial charge is 0.477 e. The van der Waals surface area contributed by atoms with Crippen molar-refractivity contribution in [2.45, 2.75) is 23.6 Å². The molecule has 1 saturated heterocycles. The first kappa shape index (κ1) is 18.1. The average molecular weight is 398 g/mol. The van der Waals surface area contributed by atoms with Gasteiger partial charge in [-0.25, -0.2) is 4.79 Å². The summed E-state index contributed by atoms with van der Waals surface area (Å²) in [7, 11) is 1.25. The molecule has 0 radical (unpaired) electrons. The van der Waals surface area contributed by atoms with Crippen LogP contribution >= 0.6 is 23.3 Å². The van der Waals surface area contributed by atoms with Gasteiger partial charge in [0.1, 0.15) is 24.2 Å². The molecule has 0 aromatic carbocycles. The molecular formula is C13H14N6O5S2. The molecule has 13 heteroatoms. The molecule has 138 valence electrons. The smallest absolute Gasteiger partial charge is 0.352 e. The number of β-lactam (4-membered cyclic amide) rings is 1. The fourth-order valence-corrected chi connectivity index (χ4v) is 4.31. The van der Waals surface area contributed by atoms with E-state index in [4.69, 9.17) is 5.73 Å². The average Bonchev–Trinajstić information content (AvgIpc) is 3.02. The van der Waals surface area contributed by atoms with Crippen molar-refractivity contribution >= 4 is 51.9 Å². The molecular weight excluding hydrogens is 384 g/mol. The molecule has 0 bridgehead atoms. The number of carbonyl (C=O) groups is 3. The lowest BCUT2D eigenvalue weighted by molar-refractivity contribution is -0.150. The molecule has 1 aromatic rings. The van der Waals surface area contributed by atoms with Gasteiger partial charge in [-0.15, -0.1) is 11.8 Å². The topological polar surface area (TPSA) is 160 Å². The summed E-state index contributed by atoms with van der Waals surface area (Å²) in [6.07, 6.45) is 1.50. The van der Waals surface area contributed by atoms with E-state index in [1.54, 1.807) is 0 Å². The van der Waals surface area contributed by atoms with Gasteiger partial charge < -0.3 is 21.0 Å². The lowest BCUT2D eigenvalue weighted by Crippen LogP contribution is -2.71. The summed E-state index contributed by atoms with van der Waals surface area (Å²) >= 11 is 2.25. The zero-order chi connectivity index (χ0) is 19.0. The quantitative estimate of drug-likeness (QED) is 0.328. The number of fused-ring (bicyclic) bond motifs is 1. The van der Waals surface area contributed by atoms with E-state index in [-0.39, 0.29) is 27.6 Å². The van der Waals surface area contributed by atoms with E-state index in [1.807, 2.05) is 6.92 Å². The van der Waals surface area contributed by atoms with Crippen LogP contribution < -0.4 is 11.1 Å². The number of oxime groups is 1. The maximum absolute atomic E-state index is 12.5. The van der Waals surface area contributed by atoms with Crippen molar-refractivity contribution in [2.75, 3.05) is 12.8 Å². The Bertz CT molecular complexity index is 837. The van der Waals surface area contributed by atoms with Crippen molar-refractivity contribution in [3.63, 3.8) is 0 Å². The fourth-order valence-electron chi connectivity index (χ4n) is 2.54. The van der Waals surface area contributed by atoms with Gasteiger partial charge in [0.15, 0.2) is 5.13 Å². The minimum Gasteiger partial charge on any atom is -0.477 e. The predicted octanol–water partition coefficient (Wildman–Crippen LogP) is -0.772. The predicted molar refractivity (Wildman–Crippen MR) is 93.2 cm³/mol. The second-order valence-corrected chi connectivity index (χ2v) is 7.61. The molecule has 26 heavy (non-hydrogen) atoms. The molecule has 1 aromatic heterocycles. The summed E-state index contributed by atoms with van der Waals surface area (Å²) in [6, 6.07) is -0.893. The molecule has 3 heterocycles. The number of rotatable bonds is 5. The van der Waals surface area contributed by atoms with Gasteiger partial charge in [0.05, 0.1) is 0 Å². The molecule has 11 nitrogen and oxygen atoms in total. The number of hydrogen-bond acceptors (Lipinski definition) is 10. The van der Waals surface area contributed by atoms with Crippen LogP contribution in [0, 0.1) is 0 Å². The molecule has 0 spiro atoms. The highest BCUT2D eigenvalue weighted by Gasteiger charge is 2.54. The summed E-state index contributed by atoms with van der Waals surface area (Å²) in [4.78, 5) is 45.9. The number of amides is 2. The minimum absolute atomic E-state index is 0.0220. The molecule has 3 rings (SSSR count). The van der Waals surface area contributed by atoms with Crippen LogP contribution in [-0.2, 0) is 19.2 Å². The highest BCUT2D eigenvalue weighted by Crippen LogP contribution is 2.40. The minimum atomic E-state index is -1.19. The van der Waals surface area contributed by atoms with Crippen LogP contribution in [0.15, 0.2) is 16.9 Å². The van der Waals surface area contributed by atoms with Gasteiger partial charge in [-0.05, 0) is 13.0 Å². The van der Waals surface area contributed by atoms with Crippen LogP contribution in [-0.4, -0.2) is 66.6 Å². The monoisotopic (exact) mass is 398 g/mol. The first-order chi connectivity index (χ1) is 12.3. The van der Waals surface area contributed by atoms with E-state index in [1.165, 1.54) is 24.9 Å². The number of nitrogen functional groups attached to an aromatic ring is 1. The van der Waals surface area contributed by atoms with Gasteiger partial charge in [-0.3, -0.25) is 14.5 Å². The third-order valence-corrected chi connectivity index (χ3v) is 5.48. The SMILES string of the molecule is CO/N=C(/C(=O)NC1C(=O)N2C(C(=O)O)=CC(C)S[C@H]12)c1nsc(N)n1. The molecule has 4 N–H and O–H groups in total. The number of carboxylic acid groups (broad SMARTS) is 1. The number of nitrogens with zero attached hydrogens (tertiary/aromatic N) is 4. The van der Waals surface area contributed by atoms with Gasteiger partial charge in [0.25, 0.3) is 11.8 Å². The number of carbonyl (C=O) groups excluding carboxylic acids is 2. The normalized spacial score (nSPS) is 25.1. The highest BCUT2D eigenvalue weighted by atomic mass is 32.2. The van der Waals surface area contributed by atoms with Gasteiger partial charge in [-0.2, -0.15) is 9.36 Å². The number of anilines is 1. The van der Waals surface area contributed by atoms with Crippen molar-refractivity contribution in [3.05, 3.63) is 17.6 Å². The van der Waals surface area contributed by atoms with E-state index in [2.05, 4.69) is 24.7 Å². The number of nitrogens with two attached hydrogens (primary N) is 1. The van der Waals surface area contributed by atoms with Crippen molar-refractivity contribution in [1.29, 1.82) is 0 Å². The van der Waals surface area contributed by atoms with Crippen molar-refractivity contribution in [1.82, 2.24) is 19.6 Å². The van der Waals surface area contributed by atoms with Crippen LogP contribution in [0.5, 0.6) is 0 Å². The Morgan fingerprint density at radius 2 is 2.23 bits per heavy atom. The van der Waals surface area contributed by atoms with Crippen molar-refractivity contribution < 1.29 is 24.3 Å². The third kappa shape index (κ3) is 3.10. The molecule has 2 amide bonds. The summed E-state index contributed by atoms with van der Waals surface area (Å²) in [5, 5.41) is 14.9. The van der Waals surface area contributed by atoms with Gasteiger partial charge in [-0.1, -0.05) is 5.16 Å². The summed E-state index contributed by atoms with van der Waals surface area (Å²) in [5.74, 6) is -2.45. The molecule has 0 saturated carbocycles. The van der Waals surface area contributed by atoms with E-state index in [0.717, 1.165) is 16.4 Å². The van der Waals surface area contributed by atoms with Gasteiger partial charge in [0.2, 0.25) is 11.5 Å². The van der Waals surface area contributed by atoms with E-state index < -0.39 is 29.2 Å². The van der Waals surface area contributed by atoms with Crippen LogP contribution in [0.3, 0.4) is 0 Å². The Labute approximate surface area is 155 Å². The first-order valence-corrected chi connectivity index (χ1v) is 9.00. The maximum Gasteiger partial charge on any atom is 0.352 e. The number of aliphatic carboxylic acids is 1. The molecule has 2 aliphatic rings. The summed E-state index contributed by atoms with van der Waals surface area (Å²) in [6.45, 7) is 1.81. The Hall–Kier alpha value is -2.67. The summed E-state index contributed by atoms with van der Waals surface area (Å²) < 4.78 is 3.90. The first-order valence-electron chi connectivity index (χ1n) is 7.28. The number of carboxylic acids is 1. The Balaban J connectivity index is 1.78. The van der Waals surface area contributed by atoms with E-state index in [0.29, 0.717) is 0 Å². The Kier molecular flexibility index (Phi) is 4.82. The van der Waals surface area contributed by atoms with Crippen LogP contribution in [0.2, 0.25) is 0 Å². The number of thioether (sulfide) groups is 1. The molecule has 3 atom stereocenters. The van der Waals surface area contributed by atoms with Gasteiger partial charge in [0, 0.05) is 16.8 Å². The van der Waals surface area contributed by atoms with Crippen LogP contribution in [0.25, 0.3) is 0 Å². The third-order valence-electron chi connectivity index (χ3n) is 3.61. The zero-order valence-electron chi connectivity index (χ0n) is 13.6.